The summed E-state index contributed by atoms with van der Waals surface area (Å²) in [4.78, 5) is 14.6. The predicted octanol–water partition coefficient (Wildman–Crippen LogP) is 10.9. The minimum Gasteiger partial charge on any atom is -0.208 e. The number of hydrogen-bond donors (Lipinski definition) is 0. The molecule has 0 unspecified atom stereocenters. The molecule has 8 aromatic rings. The van der Waals surface area contributed by atoms with E-state index in [2.05, 4.69) is 91.0 Å². The van der Waals surface area contributed by atoms with Gasteiger partial charge in [0.1, 0.15) is 0 Å². The zero-order valence-electron chi connectivity index (χ0n) is 26.0. The number of fused-ring (bicyclic) bond motifs is 1. The monoisotopic (exact) mass is 612 g/mol. The fraction of sp³-hybridized carbons (Fsp3) is 0. The molecule has 0 spiro atoms. The molecule has 8 rings (SSSR count). The van der Waals surface area contributed by atoms with Gasteiger partial charge in [-0.25, -0.2) is 15.0 Å². The third-order valence-corrected chi connectivity index (χ3v) is 8.58. The van der Waals surface area contributed by atoms with Crippen LogP contribution in [-0.4, -0.2) is 15.0 Å². The molecule has 224 valence electrons. The molecule has 0 aliphatic rings. The van der Waals surface area contributed by atoms with Crippen LogP contribution in [0.1, 0.15) is 5.56 Å². The molecular formula is C44H28N4. The van der Waals surface area contributed by atoms with Gasteiger partial charge in [0.15, 0.2) is 17.5 Å². The molecule has 0 bridgehead atoms. The highest BCUT2D eigenvalue weighted by Crippen LogP contribution is 2.36. The Labute approximate surface area is 279 Å². The molecule has 0 saturated heterocycles. The second-order valence-electron chi connectivity index (χ2n) is 11.6. The quantitative estimate of drug-likeness (QED) is 0.187. The van der Waals surface area contributed by atoms with Crippen molar-refractivity contribution in [2.75, 3.05) is 0 Å². The minimum absolute atomic E-state index is 0.635. The Morgan fingerprint density at radius 1 is 0.354 bits per heavy atom. The summed E-state index contributed by atoms with van der Waals surface area (Å²) in [5, 5.41) is 11.5. The second kappa shape index (κ2) is 12.6. The zero-order chi connectivity index (χ0) is 32.3. The first-order valence-corrected chi connectivity index (χ1v) is 15.8. The van der Waals surface area contributed by atoms with Crippen LogP contribution >= 0.6 is 0 Å². The molecule has 0 aliphatic carbocycles. The Morgan fingerprint density at radius 3 is 1.31 bits per heavy atom. The fourth-order valence-electron chi connectivity index (χ4n) is 6.04. The molecule has 0 N–H and O–H groups in total. The smallest absolute Gasteiger partial charge is 0.164 e. The summed E-state index contributed by atoms with van der Waals surface area (Å²) in [5.41, 5.74) is 10.3. The van der Waals surface area contributed by atoms with Crippen molar-refractivity contribution in [2.24, 2.45) is 0 Å². The van der Waals surface area contributed by atoms with Gasteiger partial charge in [0.05, 0.1) is 11.6 Å². The lowest BCUT2D eigenvalue weighted by molar-refractivity contribution is 1.07. The van der Waals surface area contributed by atoms with Crippen molar-refractivity contribution in [3.8, 4) is 73.6 Å². The normalized spacial score (nSPS) is 10.9. The number of nitrogens with zero attached hydrogens (tertiary/aromatic N) is 4. The van der Waals surface area contributed by atoms with Gasteiger partial charge in [-0.15, -0.1) is 0 Å². The molecule has 4 nitrogen and oxygen atoms in total. The first-order chi connectivity index (χ1) is 23.7. The van der Waals surface area contributed by atoms with Gasteiger partial charge in [0.25, 0.3) is 0 Å². The Balaban J connectivity index is 1.16. The number of nitriles is 1. The van der Waals surface area contributed by atoms with E-state index in [-0.39, 0.29) is 0 Å². The summed E-state index contributed by atoms with van der Waals surface area (Å²) >= 11 is 0. The molecule has 1 aromatic heterocycles. The average Bonchev–Trinajstić information content (AvgIpc) is 3.18. The van der Waals surface area contributed by atoms with Crippen LogP contribution in [0.4, 0.5) is 0 Å². The van der Waals surface area contributed by atoms with Crippen molar-refractivity contribution >= 4 is 10.8 Å². The van der Waals surface area contributed by atoms with E-state index in [1.165, 1.54) is 16.3 Å². The van der Waals surface area contributed by atoms with E-state index in [9.17, 15) is 0 Å². The number of benzene rings is 7. The Hall–Kier alpha value is -6.70. The first kappa shape index (κ1) is 28.8. The summed E-state index contributed by atoms with van der Waals surface area (Å²) in [6, 6.07) is 60.1. The SMILES string of the molecule is N#Cc1ccc(-c2ccc(-c3cc(-c4ccc(-c5nc(-c6ccccc6)nc(-c6ccccc6)n5)cc4)cc4ccccc34)cc2)cc1. The molecular weight excluding hydrogens is 585 g/mol. The zero-order valence-corrected chi connectivity index (χ0v) is 26.0. The van der Waals surface area contributed by atoms with Crippen molar-refractivity contribution < 1.29 is 0 Å². The van der Waals surface area contributed by atoms with Crippen LogP contribution in [0.25, 0.3) is 78.3 Å². The van der Waals surface area contributed by atoms with Crippen molar-refractivity contribution in [3.05, 3.63) is 175 Å². The van der Waals surface area contributed by atoms with E-state index in [1.807, 2.05) is 84.9 Å². The van der Waals surface area contributed by atoms with E-state index >= 15 is 0 Å². The van der Waals surface area contributed by atoms with Crippen LogP contribution in [0.2, 0.25) is 0 Å². The van der Waals surface area contributed by atoms with Crippen LogP contribution in [0, 0.1) is 11.3 Å². The van der Waals surface area contributed by atoms with E-state index in [0.717, 1.165) is 44.5 Å². The highest BCUT2D eigenvalue weighted by atomic mass is 15.0. The van der Waals surface area contributed by atoms with Gasteiger partial charge in [0.2, 0.25) is 0 Å². The molecule has 1 heterocycles. The van der Waals surface area contributed by atoms with Gasteiger partial charge in [-0.3, -0.25) is 0 Å². The van der Waals surface area contributed by atoms with Crippen LogP contribution in [0.15, 0.2) is 170 Å². The van der Waals surface area contributed by atoms with Crippen molar-refractivity contribution in [1.82, 2.24) is 15.0 Å². The van der Waals surface area contributed by atoms with Crippen LogP contribution < -0.4 is 0 Å². The van der Waals surface area contributed by atoms with Crippen molar-refractivity contribution in [3.63, 3.8) is 0 Å². The van der Waals surface area contributed by atoms with Gasteiger partial charge in [-0.2, -0.15) is 5.26 Å². The highest BCUT2D eigenvalue weighted by molar-refractivity contribution is 6.00. The number of hydrogen-bond acceptors (Lipinski definition) is 4. The molecule has 48 heavy (non-hydrogen) atoms. The van der Waals surface area contributed by atoms with Crippen molar-refractivity contribution in [1.29, 1.82) is 5.26 Å². The van der Waals surface area contributed by atoms with E-state index < -0.39 is 0 Å². The Bertz CT molecular complexity index is 2350. The van der Waals surface area contributed by atoms with Gasteiger partial charge in [-0.05, 0) is 68.4 Å². The topological polar surface area (TPSA) is 62.5 Å². The van der Waals surface area contributed by atoms with E-state index in [1.54, 1.807) is 0 Å². The third kappa shape index (κ3) is 5.73. The van der Waals surface area contributed by atoms with Crippen LogP contribution in [0.5, 0.6) is 0 Å². The van der Waals surface area contributed by atoms with Gasteiger partial charge in [-0.1, -0.05) is 146 Å². The Kier molecular flexibility index (Phi) is 7.54. The molecule has 0 atom stereocenters. The summed E-state index contributed by atoms with van der Waals surface area (Å²) < 4.78 is 0. The number of aromatic nitrogens is 3. The average molecular weight is 613 g/mol. The lowest BCUT2D eigenvalue weighted by Gasteiger charge is -2.13. The third-order valence-electron chi connectivity index (χ3n) is 8.58. The maximum absolute atomic E-state index is 9.16. The Morgan fingerprint density at radius 2 is 0.771 bits per heavy atom. The van der Waals surface area contributed by atoms with Crippen LogP contribution in [0.3, 0.4) is 0 Å². The lowest BCUT2D eigenvalue weighted by atomic mass is 9.92. The highest BCUT2D eigenvalue weighted by Gasteiger charge is 2.13. The molecule has 0 aliphatic heterocycles. The first-order valence-electron chi connectivity index (χ1n) is 15.8. The van der Waals surface area contributed by atoms with Crippen molar-refractivity contribution in [2.45, 2.75) is 0 Å². The summed E-state index contributed by atoms with van der Waals surface area (Å²) in [6.07, 6.45) is 0. The van der Waals surface area contributed by atoms with Crippen LogP contribution in [-0.2, 0) is 0 Å². The maximum atomic E-state index is 9.16. The fourth-order valence-corrected chi connectivity index (χ4v) is 6.04. The predicted molar refractivity (Wildman–Crippen MR) is 195 cm³/mol. The minimum atomic E-state index is 0.635. The second-order valence-corrected chi connectivity index (χ2v) is 11.6. The number of rotatable bonds is 6. The lowest BCUT2D eigenvalue weighted by Crippen LogP contribution is -2.00. The summed E-state index contributed by atoms with van der Waals surface area (Å²) in [6.45, 7) is 0. The van der Waals surface area contributed by atoms with E-state index in [0.29, 0.717) is 23.0 Å². The molecule has 0 amide bonds. The molecule has 0 fully saturated rings. The maximum Gasteiger partial charge on any atom is 0.164 e. The molecule has 0 radical (unpaired) electrons. The van der Waals surface area contributed by atoms with Gasteiger partial charge >= 0.3 is 0 Å². The summed E-state index contributed by atoms with van der Waals surface area (Å²) in [5.74, 6) is 1.93. The summed E-state index contributed by atoms with van der Waals surface area (Å²) in [7, 11) is 0. The molecule has 0 saturated carbocycles. The largest absolute Gasteiger partial charge is 0.208 e. The van der Waals surface area contributed by atoms with E-state index in [4.69, 9.17) is 20.2 Å². The molecule has 7 aromatic carbocycles. The van der Waals surface area contributed by atoms with Gasteiger partial charge < -0.3 is 0 Å². The molecule has 4 heteroatoms. The standard InChI is InChI=1S/C44H28N4/c45-29-30-15-17-31(18-16-30)32-19-23-34(24-20-32)41-28-39(27-38-13-7-8-14-40(38)41)33-21-25-37(26-22-33)44-47-42(35-9-3-1-4-10-35)46-43(48-44)36-11-5-2-6-12-36/h1-28H. The van der Waals surface area contributed by atoms with Gasteiger partial charge in [0, 0.05) is 16.7 Å².